The zero-order chi connectivity index (χ0) is 17.6. The van der Waals surface area contributed by atoms with Crippen LogP contribution in [-0.2, 0) is 9.59 Å². The maximum atomic E-state index is 12.2. The van der Waals surface area contributed by atoms with Crippen LogP contribution in [0.25, 0.3) is 16.8 Å². The van der Waals surface area contributed by atoms with E-state index in [0.29, 0.717) is 11.4 Å². The van der Waals surface area contributed by atoms with E-state index in [-0.39, 0.29) is 11.8 Å². The second-order valence-corrected chi connectivity index (χ2v) is 5.65. The molecule has 4 heteroatoms. The molecule has 124 valence electrons. The highest BCUT2D eigenvalue weighted by Gasteiger charge is 2.02. The molecule has 0 aliphatic rings. The summed E-state index contributed by atoms with van der Waals surface area (Å²) < 4.78 is 0. The lowest BCUT2D eigenvalue weighted by Crippen LogP contribution is -2.09. The molecule has 0 bridgehead atoms. The Morgan fingerprint density at radius 2 is 1.52 bits per heavy atom. The van der Waals surface area contributed by atoms with Gasteiger partial charge in [0.15, 0.2) is 0 Å². The van der Waals surface area contributed by atoms with E-state index in [1.807, 2.05) is 42.5 Å². The van der Waals surface area contributed by atoms with Crippen LogP contribution in [0, 0.1) is 0 Å². The van der Waals surface area contributed by atoms with Gasteiger partial charge in [-0.1, -0.05) is 48.5 Å². The fourth-order valence-electron chi connectivity index (χ4n) is 2.62. The zero-order valence-electron chi connectivity index (χ0n) is 13.8. The summed E-state index contributed by atoms with van der Waals surface area (Å²) in [6, 6.07) is 21.1. The summed E-state index contributed by atoms with van der Waals surface area (Å²) in [5.74, 6) is -0.382. The Hall–Kier alpha value is -3.40. The molecule has 25 heavy (non-hydrogen) atoms. The fourth-order valence-corrected chi connectivity index (χ4v) is 2.62. The minimum absolute atomic E-state index is 0.153. The van der Waals surface area contributed by atoms with E-state index >= 15 is 0 Å². The predicted octanol–water partition coefficient (Wildman–Crippen LogP) is 4.45. The van der Waals surface area contributed by atoms with E-state index in [4.69, 9.17) is 0 Å². The minimum Gasteiger partial charge on any atom is -0.326 e. The van der Waals surface area contributed by atoms with E-state index in [9.17, 15) is 9.59 Å². The molecule has 4 nitrogen and oxygen atoms in total. The molecule has 0 aromatic heterocycles. The summed E-state index contributed by atoms with van der Waals surface area (Å²) in [6.45, 7) is 1.44. The lowest BCUT2D eigenvalue weighted by Gasteiger charge is -2.06. The normalized spacial score (nSPS) is 10.8. The Balaban J connectivity index is 1.74. The first-order valence-corrected chi connectivity index (χ1v) is 7.96. The third kappa shape index (κ3) is 4.32. The standard InChI is InChI=1S/C21H18N2O2/c1-15(24)22-18-9-5-10-19(14-18)23-21(25)13-12-17-8-4-7-16-6-2-3-11-20(16)17/h2-14H,1H3,(H,22,24)(H,23,25)/b13-12+. The van der Waals surface area contributed by atoms with E-state index in [2.05, 4.69) is 10.6 Å². The maximum Gasteiger partial charge on any atom is 0.248 e. The highest BCUT2D eigenvalue weighted by Crippen LogP contribution is 2.20. The molecule has 0 unspecified atom stereocenters. The van der Waals surface area contributed by atoms with Crippen molar-refractivity contribution in [3.63, 3.8) is 0 Å². The molecular weight excluding hydrogens is 312 g/mol. The van der Waals surface area contributed by atoms with Crippen molar-refractivity contribution in [1.82, 2.24) is 0 Å². The van der Waals surface area contributed by atoms with Gasteiger partial charge in [0, 0.05) is 24.4 Å². The van der Waals surface area contributed by atoms with Gasteiger partial charge >= 0.3 is 0 Å². The van der Waals surface area contributed by atoms with Crippen LogP contribution >= 0.6 is 0 Å². The molecule has 0 saturated carbocycles. The number of carbonyl (C=O) groups is 2. The molecule has 0 spiro atoms. The number of amides is 2. The largest absolute Gasteiger partial charge is 0.326 e. The second-order valence-electron chi connectivity index (χ2n) is 5.65. The van der Waals surface area contributed by atoms with Crippen LogP contribution < -0.4 is 10.6 Å². The Bertz CT molecular complexity index is 956. The number of fused-ring (bicyclic) bond motifs is 1. The van der Waals surface area contributed by atoms with Gasteiger partial charge in [-0.2, -0.15) is 0 Å². The van der Waals surface area contributed by atoms with Crippen molar-refractivity contribution in [3.05, 3.63) is 78.4 Å². The third-order valence-electron chi connectivity index (χ3n) is 3.69. The fraction of sp³-hybridized carbons (Fsp3) is 0.0476. The van der Waals surface area contributed by atoms with Crippen molar-refractivity contribution in [2.75, 3.05) is 10.6 Å². The number of anilines is 2. The van der Waals surface area contributed by atoms with Gasteiger partial charge in [-0.15, -0.1) is 0 Å². The number of nitrogens with one attached hydrogen (secondary N) is 2. The van der Waals surface area contributed by atoms with Crippen LogP contribution in [0.15, 0.2) is 72.8 Å². The molecule has 0 radical (unpaired) electrons. The van der Waals surface area contributed by atoms with Crippen molar-refractivity contribution < 1.29 is 9.59 Å². The molecule has 0 aliphatic heterocycles. The zero-order valence-corrected chi connectivity index (χ0v) is 13.8. The van der Waals surface area contributed by atoms with Crippen molar-refractivity contribution in [1.29, 1.82) is 0 Å². The molecule has 0 atom stereocenters. The molecule has 3 rings (SSSR count). The van der Waals surface area contributed by atoms with Gasteiger partial charge in [-0.3, -0.25) is 9.59 Å². The van der Waals surface area contributed by atoms with Crippen LogP contribution in [0.5, 0.6) is 0 Å². The summed E-state index contributed by atoms with van der Waals surface area (Å²) in [6.07, 6.45) is 3.31. The first kappa shape index (κ1) is 16.5. The van der Waals surface area contributed by atoms with E-state index in [0.717, 1.165) is 16.3 Å². The average Bonchev–Trinajstić information content (AvgIpc) is 2.59. The lowest BCUT2D eigenvalue weighted by molar-refractivity contribution is -0.114. The van der Waals surface area contributed by atoms with E-state index in [1.165, 1.54) is 13.0 Å². The smallest absolute Gasteiger partial charge is 0.248 e. The maximum absolute atomic E-state index is 12.2. The van der Waals surface area contributed by atoms with E-state index < -0.39 is 0 Å². The van der Waals surface area contributed by atoms with Crippen molar-refractivity contribution >= 4 is 40.0 Å². The first-order chi connectivity index (χ1) is 12.1. The van der Waals surface area contributed by atoms with Gasteiger partial charge in [-0.25, -0.2) is 0 Å². The molecule has 3 aromatic carbocycles. The van der Waals surface area contributed by atoms with Crippen LogP contribution in [0.4, 0.5) is 11.4 Å². The summed E-state index contributed by atoms with van der Waals surface area (Å²) in [4.78, 5) is 23.3. The quantitative estimate of drug-likeness (QED) is 0.694. The third-order valence-corrected chi connectivity index (χ3v) is 3.69. The number of benzene rings is 3. The van der Waals surface area contributed by atoms with Crippen LogP contribution in [0.1, 0.15) is 12.5 Å². The van der Waals surface area contributed by atoms with Crippen molar-refractivity contribution in [2.45, 2.75) is 6.92 Å². The summed E-state index contributed by atoms with van der Waals surface area (Å²) in [5, 5.41) is 7.72. The molecule has 0 saturated heterocycles. The SMILES string of the molecule is CC(=O)Nc1cccc(NC(=O)/C=C/c2cccc3ccccc23)c1. The Labute approximate surface area is 146 Å². The van der Waals surface area contributed by atoms with E-state index in [1.54, 1.807) is 30.3 Å². The molecule has 0 heterocycles. The number of hydrogen-bond donors (Lipinski definition) is 2. The number of hydrogen-bond acceptors (Lipinski definition) is 2. The van der Waals surface area contributed by atoms with Gasteiger partial charge < -0.3 is 10.6 Å². The molecule has 0 aliphatic carbocycles. The van der Waals surface area contributed by atoms with Crippen molar-refractivity contribution in [2.24, 2.45) is 0 Å². The van der Waals surface area contributed by atoms with Gasteiger partial charge in [0.2, 0.25) is 11.8 Å². The monoisotopic (exact) mass is 330 g/mol. The van der Waals surface area contributed by atoms with Gasteiger partial charge in [0.1, 0.15) is 0 Å². The minimum atomic E-state index is -0.229. The highest BCUT2D eigenvalue weighted by molar-refractivity contribution is 6.04. The van der Waals surface area contributed by atoms with Crippen LogP contribution in [0.2, 0.25) is 0 Å². The van der Waals surface area contributed by atoms with Crippen molar-refractivity contribution in [3.8, 4) is 0 Å². The summed E-state index contributed by atoms with van der Waals surface area (Å²) in [5.41, 5.74) is 2.25. The van der Waals surface area contributed by atoms with Crippen LogP contribution in [-0.4, -0.2) is 11.8 Å². The Morgan fingerprint density at radius 3 is 2.32 bits per heavy atom. The second kappa shape index (κ2) is 7.45. The van der Waals surface area contributed by atoms with Gasteiger partial charge in [0.05, 0.1) is 0 Å². The summed E-state index contributed by atoms with van der Waals surface area (Å²) in [7, 11) is 0. The molecule has 2 N–H and O–H groups in total. The molecular formula is C21H18N2O2. The van der Waals surface area contributed by atoms with Crippen LogP contribution in [0.3, 0.4) is 0 Å². The molecule has 0 fully saturated rings. The number of rotatable bonds is 4. The van der Waals surface area contributed by atoms with Gasteiger partial charge in [-0.05, 0) is 40.6 Å². The highest BCUT2D eigenvalue weighted by atomic mass is 16.2. The van der Waals surface area contributed by atoms with Gasteiger partial charge in [0.25, 0.3) is 0 Å². The average molecular weight is 330 g/mol. The summed E-state index contributed by atoms with van der Waals surface area (Å²) >= 11 is 0. The molecule has 2 amide bonds. The number of carbonyl (C=O) groups excluding carboxylic acids is 2. The molecule has 3 aromatic rings. The topological polar surface area (TPSA) is 58.2 Å². The Kier molecular flexibility index (Phi) is 4.90. The lowest BCUT2D eigenvalue weighted by atomic mass is 10.0. The predicted molar refractivity (Wildman–Crippen MR) is 102 cm³/mol. The Morgan fingerprint density at radius 1 is 0.840 bits per heavy atom. The first-order valence-electron chi connectivity index (χ1n) is 7.96.